The molecule has 0 radical (unpaired) electrons. The molecular formula is C17H24N2O4S. The van der Waals surface area contributed by atoms with Crippen molar-refractivity contribution in [3.63, 3.8) is 0 Å². The Labute approximate surface area is 142 Å². The molecule has 1 aromatic rings. The van der Waals surface area contributed by atoms with E-state index < -0.39 is 16.1 Å². The molecule has 2 aliphatic rings. The first kappa shape index (κ1) is 17.4. The summed E-state index contributed by atoms with van der Waals surface area (Å²) in [7, 11) is -3.60. The van der Waals surface area contributed by atoms with E-state index in [2.05, 4.69) is 4.72 Å². The van der Waals surface area contributed by atoms with Crippen LogP contribution < -0.4 is 4.72 Å². The second kappa shape index (κ2) is 6.82. The molecule has 1 saturated carbocycles. The Kier molecular flexibility index (Phi) is 4.94. The number of sulfonamides is 1. The van der Waals surface area contributed by atoms with Gasteiger partial charge in [-0.15, -0.1) is 0 Å². The summed E-state index contributed by atoms with van der Waals surface area (Å²) in [6.45, 7) is 3.02. The quantitative estimate of drug-likeness (QED) is 0.801. The fourth-order valence-electron chi connectivity index (χ4n) is 2.96. The summed E-state index contributed by atoms with van der Waals surface area (Å²) in [5, 5.41) is 9.24. The van der Waals surface area contributed by atoms with Crippen LogP contribution in [-0.2, 0) is 27.8 Å². The largest absolute Gasteiger partial charge is 0.393 e. The first-order valence-electron chi connectivity index (χ1n) is 8.45. The minimum atomic E-state index is -3.60. The Morgan fingerprint density at radius 2 is 2.12 bits per heavy atom. The van der Waals surface area contributed by atoms with Gasteiger partial charge >= 0.3 is 0 Å². The lowest BCUT2D eigenvalue weighted by atomic mass is 9.99. The topological polar surface area (TPSA) is 86.7 Å². The SMILES string of the molecule is C[C@H](O)CCNS(=O)(=O)c1ccc2c(c1)CN(C(=O)C1CC1)CC2. The minimum absolute atomic E-state index is 0.181. The monoisotopic (exact) mass is 352 g/mol. The number of nitrogens with one attached hydrogen (secondary N) is 1. The van der Waals surface area contributed by atoms with Crippen LogP contribution in [-0.4, -0.2) is 43.5 Å². The van der Waals surface area contributed by atoms with Crippen LogP contribution in [0.5, 0.6) is 0 Å². The van der Waals surface area contributed by atoms with Gasteiger partial charge in [-0.1, -0.05) is 6.07 Å². The van der Waals surface area contributed by atoms with Gasteiger partial charge in [0.2, 0.25) is 15.9 Å². The Balaban J connectivity index is 1.73. The summed E-state index contributed by atoms with van der Waals surface area (Å²) < 4.78 is 27.2. The van der Waals surface area contributed by atoms with Gasteiger partial charge in [-0.3, -0.25) is 4.79 Å². The predicted octanol–water partition coefficient (Wildman–Crippen LogP) is 1.03. The third-order valence-electron chi connectivity index (χ3n) is 4.59. The third-order valence-corrected chi connectivity index (χ3v) is 6.05. The van der Waals surface area contributed by atoms with E-state index in [1.165, 1.54) is 0 Å². The van der Waals surface area contributed by atoms with Crippen LogP contribution in [0.1, 0.15) is 37.3 Å². The van der Waals surface area contributed by atoms with Gasteiger partial charge in [0.15, 0.2) is 0 Å². The standard InChI is InChI=1S/C17H24N2O4S/c1-12(20)6-8-18-24(22,23)16-5-4-13-7-9-19(11-15(13)10-16)17(21)14-2-3-14/h4-5,10,12,14,18,20H,2-3,6-9,11H2,1H3/t12-/m0/s1. The summed E-state index contributed by atoms with van der Waals surface area (Å²) in [5.41, 5.74) is 2.02. The number of carbonyl (C=O) groups is 1. The summed E-state index contributed by atoms with van der Waals surface area (Å²) in [4.78, 5) is 14.3. The first-order chi connectivity index (χ1) is 11.4. The molecule has 6 nitrogen and oxygen atoms in total. The molecule has 7 heteroatoms. The fourth-order valence-corrected chi connectivity index (χ4v) is 4.06. The lowest BCUT2D eigenvalue weighted by molar-refractivity contribution is -0.133. The van der Waals surface area contributed by atoms with E-state index in [1.54, 1.807) is 19.1 Å². The van der Waals surface area contributed by atoms with E-state index in [1.807, 2.05) is 11.0 Å². The number of rotatable bonds is 6. The van der Waals surface area contributed by atoms with E-state index in [-0.39, 0.29) is 23.3 Å². The Morgan fingerprint density at radius 1 is 1.38 bits per heavy atom. The third kappa shape index (κ3) is 3.96. The lowest BCUT2D eigenvalue weighted by Gasteiger charge is -2.29. The van der Waals surface area contributed by atoms with Gasteiger partial charge in [-0.05, 0) is 55.9 Å². The maximum atomic E-state index is 12.4. The number of aliphatic hydroxyl groups excluding tert-OH is 1. The van der Waals surface area contributed by atoms with Gasteiger partial charge < -0.3 is 10.0 Å². The van der Waals surface area contributed by atoms with E-state index in [4.69, 9.17) is 0 Å². The van der Waals surface area contributed by atoms with E-state index in [0.29, 0.717) is 19.5 Å². The van der Waals surface area contributed by atoms with Crippen LogP contribution in [0.3, 0.4) is 0 Å². The second-order valence-electron chi connectivity index (χ2n) is 6.75. The number of benzene rings is 1. The summed E-state index contributed by atoms with van der Waals surface area (Å²) in [5.74, 6) is 0.379. The highest BCUT2D eigenvalue weighted by molar-refractivity contribution is 7.89. The summed E-state index contributed by atoms with van der Waals surface area (Å²) in [6.07, 6.45) is 2.55. The van der Waals surface area contributed by atoms with Crippen molar-refractivity contribution in [3.05, 3.63) is 29.3 Å². The van der Waals surface area contributed by atoms with Crippen LogP contribution in [0.15, 0.2) is 23.1 Å². The number of nitrogens with zero attached hydrogens (tertiary/aromatic N) is 1. The Morgan fingerprint density at radius 3 is 2.79 bits per heavy atom. The van der Waals surface area contributed by atoms with Crippen LogP contribution in [0, 0.1) is 5.92 Å². The van der Waals surface area contributed by atoms with Crippen LogP contribution in [0.2, 0.25) is 0 Å². The molecule has 1 aliphatic carbocycles. The zero-order valence-electron chi connectivity index (χ0n) is 13.9. The van der Waals surface area contributed by atoms with Crippen molar-refractivity contribution in [2.45, 2.75) is 50.2 Å². The van der Waals surface area contributed by atoms with Crippen molar-refractivity contribution in [1.29, 1.82) is 0 Å². The van der Waals surface area contributed by atoms with Crippen molar-refractivity contribution in [2.75, 3.05) is 13.1 Å². The van der Waals surface area contributed by atoms with Crippen molar-refractivity contribution < 1.29 is 18.3 Å². The molecule has 24 heavy (non-hydrogen) atoms. The number of aliphatic hydroxyl groups is 1. The summed E-state index contributed by atoms with van der Waals surface area (Å²) in [6, 6.07) is 5.13. The molecular weight excluding hydrogens is 328 g/mol. The number of hydrogen-bond acceptors (Lipinski definition) is 4. The predicted molar refractivity (Wildman–Crippen MR) is 89.8 cm³/mol. The molecule has 1 amide bonds. The Bertz CT molecular complexity index is 726. The first-order valence-corrected chi connectivity index (χ1v) is 9.93. The fraction of sp³-hybridized carbons (Fsp3) is 0.588. The molecule has 0 spiro atoms. The molecule has 0 aromatic heterocycles. The highest BCUT2D eigenvalue weighted by atomic mass is 32.2. The van der Waals surface area contributed by atoms with Gasteiger partial charge in [-0.25, -0.2) is 13.1 Å². The maximum absolute atomic E-state index is 12.4. The normalized spacial score (nSPS) is 19.0. The minimum Gasteiger partial charge on any atom is -0.393 e. The number of fused-ring (bicyclic) bond motifs is 1. The molecule has 1 atom stereocenters. The molecule has 0 unspecified atom stereocenters. The molecule has 1 heterocycles. The molecule has 1 fully saturated rings. The average molecular weight is 352 g/mol. The highest BCUT2D eigenvalue weighted by Crippen LogP contribution is 2.33. The summed E-state index contributed by atoms with van der Waals surface area (Å²) >= 11 is 0. The number of amides is 1. The molecule has 1 aromatic carbocycles. The van der Waals surface area contributed by atoms with Gasteiger partial charge in [-0.2, -0.15) is 0 Å². The Hall–Kier alpha value is -1.44. The zero-order chi connectivity index (χ0) is 17.3. The van der Waals surface area contributed by atoms with Gasteiger partial charge in [0.05, 0.1) is 11.0 Å². The molecule has 3 rings (SSSR count). The highest BCUT2D eigenvalue weighted by Gasteiger charge is 2.34. The number of hydrogen-bond donors (Lipinski definition) is 2. The molecule has 0 saturated heterocycles. The van der Waals surface area contributed by atoms with Crippen molar-refractivity contribution in [1.82, 2.24) is 9.62 Å². The average Bonchev–Trinajstić information content (AvgIpc) is 3.37. The molecule has 1 aliphatic heterocycles. The van der Waals surface area contributed by atoms with Crippen molar-refractivity contribution in [2.24, 2.45) is 5.92 Å². The lowest BCUT2D eigenvalue weighted by Crippen LogP contribution is -2.37. The molecule has 132 valence electrons. The number of carbonyl (C=O) groups excluding carboxylic acids is 1. The second-order valence-corrected chi connectivity index (χ2v) is 8.52. The van der Waals surface area contributed by atoms with Crippen LogP contribution in [0.4, 0.5) is 0 Å². The van der Waals surface area contributed by atoms with Gasteiger partial charge in [0, 0.05) is 25.6 Å². The van der Waals surface area contributed by atoms with Gasteiger partial charge in [0.1, 0.15) is 0 Å². The van der Waals surface area contributed by atoms with Crippen LogP contribution in [0.25, 0.3) is 0 Å². The molecule has 2 N–H and O–H groups in total. The molecule has 0 bridgehead atoms. The van der Waals surface area contributed by atoms with E-state index in [0.717, 1.165) is 30.4 Å². The van der Waals surface area contributed by atoms with E-state index >= 15 is 0 Å². The van der Waals surface area contributed by atoms with Gasteiger partial charge in [0.25, 0.3) is 0 Å². The van der Waals surface area contributed by atoms with E-state index in [9.17, 15) is 18.3 Å². The van der Waals surface area contributed by atoms with Crippen molar-refractivity contribution in [3.8, 4) is 0 Å². The smallest absolute Gasteiger partial charge is 0.240 e. The zero-order valence-corrected chi connectivity index (χ0v) is 14.7. The van der Waals surface area contributed by atoms with Crippen LogP contribution >= 0.6 is 0 Å². The van der Waals surface area contributed by atoms with Crippen molar-refractivity contribution >= 4 is 15.9 Å². The maximum Gasteiger partial charge on any atom is 0.240 e.